The van der Waals surface area contributed by atoms with Gasteiger partial charge in [-0.25, -0.2) is 9.37 Å². The van der Waals surface area contributed by atoms with E-state index in [1.54, 1.807) is 18.2 Å². The molecule has 8 nitrogen and oxygen atoms in total. The monoisotopic (exact) mass is 515 g/mol. The number of aromatic nitrogens is 3. The van der Waals surface area contributed by atoms with Gasteiger partial charge in [-0.05, 0) is 43.0 Å². The first kappa shape index (κ1) is 24.3. The summed E-state index contributed by atoms with van der Waals surface area (Å²) in [5.74, 6) is -0.745. The highest BCUT2D eigenvalue weighted by atomic mass is 19.1. The molecule has 4 aromatic rings. The first-order valence-electron chi connectivity index (χ1n) is 13.1. The van der Waals surface area contributed by atoms with Crippen LogP contribution in [0, 0.1) is 17.7 Å². The Balaban J connectivity index is 1.15. The summed E-state index contributed by atoms with van der Waals surface area (Å²) in [6.07, 6.45) is 1.36. The number of piperazine rings is 1. The van der Waals surface area contributed by atoms with Crippen LogP contribution in [0.15, 0.2) is 48.5 Å². The number of hydrogen-bond donors (Lipinski definition) is 2. The number of Topliss-reactive ketones (excluding diaryl/α,β-unsaturated/α-hetero) is 1. The van der Waals surface area contributed by atoms with Gasteiger partial charge in [0.2, 0.25) is 5.91 Å². The molecule has 2 aromatic heterocycles. The van der Waals surface area contributed by atoms with E-state index in [-0.39, 0.29) is 42.0 Å². The number of ketones is 1. The van der Waals surface area contributed by atoms with Crippen LogP contribution in [0.5, 0.6) is 0 Å². The minimum absolute atomic E-state index is 0.0438. The second-order valence-electron chi connectivity index (χ2n) is 10.9. The van der Waals surface area contributed by atoms with Crippen LogP contribution in [-0.2, 0) is 4.79 Å². The molecule has 6 rings (SSSR count). The van der Waals surface area contributed by atoms with Gasteiger partial charge in [0.1, 0.15) is 5.82 Å². The van der Waals surface area contributed by atoms with Crippen LogP contribution >= 0.6 is 0 Å². The molecule has 4 heterocycles. The number of amides is 2. The molecule has 3 atom stereocenters. The van der Waals surface area contributed by atoms with E-state index < -0.39 is 11.7 Å². The quantitative estimate of drug-likeness (QED) is 0.353. The fourth-order valence-corrected chi connectivity index (χ4v) is 6.05. The minimum atomic E-state index is -0.474. The number of carbonyl (C=O) groups is 3. The zero-order valence-electron chi connectivity index (χ0n) is 21.4. The maximum absolute atomic E-state index is 14.1. The molecule has 2 aliphatic rings. The molecule has 2 bridgehead atoms. The number of imidazole rings is 1. The number of carbonyl (C=O) groups excluding carboxylic acids is 3. The van der Waals surface area contributed by atoms with Crippen LogP contribution in [0.25, 0.3) is 21.9 Å². The molecule has 2 saturated heterocycles. The number of benzene rings is 2. The highest BCUT2D eigenvalue weighted by Gasteiger charge is 2.48. The van der Waals surface area contributed by atoms with Gasteiger partial charge < -0.3 is 19.8 Å². The molecule has 2 amide bonds. The van der Waals surface area contributed by atoms with Crippen molar-refractivity contribution in [1.82, 2.24) is 24.8 Å². The number of nitrogens with one attached hydrogen (secondary N) is 2. The molecule has 0 aliphatic carbocycles. The normalized spacial score (nSPS) is 19.7. The average molecular weight is 516 g/mol. The molecule has 2 aliphatic heterocycles. The number of nitrogens with zero attached hydrogens (tertiary/aromatic N) is 3. The van der Waals surface area contributed by atoms with E-state index in [9.17, 15) is 18.8 Å². The van der Waals surface area contributed by atoms with Crippen molar-refractivity contribution in [3.63, 3.8) is 0 Å². The summed E-state index contributed by atoms with van der Waals surface area (Å²) >= 11 is 0. The summed E-state index contributed by atoms with van der Waals surface area (Å²) in [5, 5.41) is 0.631. The van der Waals surface area contributed by atoms with Crippen molar-refractivity contribution in [2.45, 2.75) is 45.2 Å². The largest absolute Gasteiger partial charge is 0.350 e. The lowest BCUT2D eigenvalue weighted by Gasteiger charge is -2.36. The molecule has 2 fully saturated rings. The van der Waals surface area contributed by atoms with Crippen LogP contribution in [0.2, 0.25) is 0 Å². The van der Waals surface area contributed by atoms with Gasteiger partial charge in [0, 0.05) is 30.8 Å². The Bertz CT molecular complexity index is 1520. The zero-order valence-corrected chi connectivity index (χ0v) is 21.4. The van der Waals surface area contributed by atoms with E-state index in [1.165, 1.54) is 6.07 Å². The van der Waals surface area contributed by atoms with Gasteiger partial charge in [-0.3, -0.25) is 14.4 Å². The molecular weight excluding hydrogens is 485 g/mol. The molecule has 0 saturated carbocycles. The van der Waals surface area contributed by atoms with E-state index in [0.29, 0.717) is 41.9 Å². The predicted octanol–water partition coefficient (Wildman–Crippen LogP) is 4.54. The van der Waals surface area contributed by atoms with E-state index in [1.807, 2.05) is 47.9 Å². The van der Waals surface area contributed by atoms with Crippen molar-refractivity contribution < 1.29 is 18.8 Å². The molecule has 0 radical (unpaired) electrons. The van der Waals surface area contributed by atoms with Crippen LogP contribution in [0.3, 0.4) is 0 Å². The molecular formula is C29H30FN5O3. The lowest BCUT2D eigenvalue weighted by atomic mass is 9.90. The van der Waals surface area contributed by atoms with Crippen molar-refractivity contribution in [1.29, 1.82) is 0 Å². The Kier molecular flexibility index (Phi) is 6.01. The minimum Gasteiger partial charge on any atom is -0.350 e. The molecule has 196 valence electrons. The second kappa shape index (κ2) is 9.38. The standard InChI is InChI=1S/C29H30FN5O3/c1-16(2)10-18(12-25(36)24-11-17-6-5-7-21(30)26(17)31-24)28(37)34-14-20-13-19(34)15-35(20)29(38)27-32-22-8-3-4-9-23(22)33-27/h3-9,11,16,18-20,31H,10,12-15H2,1-2H3,(H,32,33)/t18-,19+,20+/m1/s1. The van der Waals surface area contributed by atoms with Crippen molar-refractivity contribution >= 4 is 39.5 Å². The van der Waals surface area contributed by atoms with Crippen molar-refractivity contribution in [2.75, 3.05) is 13.1 Å². The Morgan fingerprint density at radius 3 is 2.50 bits per heavy atom. The van der Waals surface area contributed by atoms with Crippen LogP contribution < -0.4 is 0 Å². The maximum atomic E-state index is 14.1. The van der Waals surface area contributed by atoms with Gasteiger partial charge in [-0.15, -0.1) is 0 Å². The fraction of sp³-hybridized carbons (Fsp3) is 0.379. The smallest absolute Gasteiger partial charge is 0.290 e. The number of rotatable bonds is 7. The Morgan fingerprint density at radius 1 is 1.03 bits per heavy atom. The topological polar surface area (TPSA) is 102 Å². The number of aromatic amines is 2. The third kappa shape index (κ3) is 4.25. The molecule has 2 aromatic carbocycles. The second-order valence-corrected chi connectivity index (χ2v) is 10.9. The summed E-state index contributed by atoms with van der Waals surface area (Å²) in [6.45, 7) is 4.98. The fourth-order valence-electron chi connectivity index (χ4n) is 6.05. The molecule has 0 unspecified atom stereocenters. The number of halogens is 1. The third-order valence-electron chi connectivity index (χ3n) is 7.82. The molecule has 0 spiro atoms. The number of H-pyrrole nitrogens is 2. The number of para-hydroxylation sites is 3. The predicted molar refractivity (Wildman–Crippen MR) is 141 cm³/mol. The summed E-state index contributed by atoms with van der Waals surface area (Å²) in [4.78, 5) is 54.2. The number of hydrogen-bond acceptors (Lipinski definition) is 4. The van der Waals surface area contributed by atoms with Gasteiger partial charge >= 0.3 is 0 Å². The Labute approximate surface area is 219 Å². The summed E-state index contributed by atoms with van der Waals surface area (Å²) in [5.41, 5.74) is 2.18. The van der Waals surface area contributed by atoms with Crippen LogP contribution in [0.1, 0.15) is 54.2 Å². The van der Waals surface area contributed by atoms with E-state index in [2.05, 4.69) is 15.0 Å². The number of likely N-dealkylation sites (tertiary alicyclic amines) is 2. The zero-order chi connectivity index (χ0) is 26.6. The Hall–Kier alpha value is -4.01. The molecule has 38 heavy (non-hydrogen) atoms. The van der Waals surface area contributed by atoms with Gasteiger partial charge in [0.15, 0.2) is 11.6 Å². The lowest BCUT2D eigenvalue weighted by molar-refractivity contribution is -0.138. The first-order chi connectivity index (χ1) is 18.3. The average Bonchev–Trinajstić information content (AvgIpc) is 3.69. The van der Waals surface area contributed by atoms with Gasteiger partial charge in [0.05, 0.1) is 34.3 Å². The summed E-state index contributed by atoms with van der Waals surface area (Å²) < 4.78 is 14.1. The van der Waals surface area contributed by atoms with E-state index >= 15 is 0 Å². The van der Waals surface area contributed by atoms with E-state index in [0.717, 1.165) is 17.5 Å². The van der Waals surface area contributed by atoms with Gasteiger partial charge in [-0.1, -0.05) is 38.1 Å². The van der Waals surface area contributed by atoms with Crippen LogP contribution in [-0.4, -0.2) is 67.5 Å². The highest BCUT2D eigenvalue weighted by Crippen LogP contribution is 2.34. The first-order valence-corrected chi connectivity index (χ1v) is 13.1. The van der Waals surface area contributed by atoms with Crippen LogP contribution in [0.4, 0.5) is 4.39 Å². The van der Waals surface area contributed by atoms with Crippen molar-refractivity contribution in [3.8, 4) is 0 Å². The SMILES string of the molecule is CC(C)C[C@H](CC(=O)c1cc2cccc(F)c2[nH]1)C(=O)N1C[C@@H]2C[C@H]1CN2C(=O)c1nc2ccccc2[nH]1. The summed E-state index contributed by atoms with van der Waals surface area (Å²) in [6, 6.07) is 13.7. The third-order valence-corrected chi connectivity index (χ3v) is 7.82. The van der Waals surface area contributed by atoms with Crippen molar-refractivity contribution in [2.24, 2.45) is 11.8 Å². The Morgan fingerprint density at radius 2 is 1.79 bits per heavy atom. The molecule has 2 N–H and O–H groups in total. The maximum Gasteiger partial charge on any atom is 0.290 e. The van der Waals surface area contributed by atoms with Gasteiger partial charge in [-0.2, -0.15) is 0 Å². The molecule has 9 heteroatoms. The summed E-state index contributed by atoms with van der Waals surface area (Å²) in [7, 11) is 0. The number of fused-ring (bicyclic) bond motifs is 4. The highest BCUT2D eigenvalue weighted by molar-refractivity contribution is 6.01. The van der Waals surface area contributed by atoms with Crippen molar-refractivity contribution in [3.05, 3.63) is 65.9 Å². The van der Waals surface area contributed by atoms with E-state index in [4.69, 9.17) is 0 Å². The van der Waals surface area contributed by atoms with Gasteiger partial charge in [0.25, 0.3) is 5.91 Å². The lowest BCUT2D eigenvalue weighted by Crippen LogP contribution is -2.52.